The first-order valence-electron chi connectivity index (χ1n) is 6.16. The fraction of sp³-hybridized carbons (Fsp3) is 0.571. The van der Waals surface area contributed by atoms with E-state index in [-0.39, 0.29) is 0 Å². The molecule has 1 rings (SSSR count). The minimum absolute atomic E-state index is 0.408. The number of phenolic OH excluding ortho intramolecular Hbond substituents is 1. The Morgan fingerprint density at radius 3 is 2.50 bits per heavy atom. The highest BCUT2D eigenvalue weighted by molar-refractivity contribution is 5.31. The van der Waals surface area contributed by atoms with Gasteiger partial charge in [-0.25, -0.2) is 0 Å². The van der Waals surface area contributed by atoms with Gasteiger partial charge < -0.3 is 5.11 Å². The fourth-order valence-electron chi connectivity index (χ4n) is 1.76. The summed E-state index contributed by atoms with van der Waals surface area (Å²) in [7, 11) is 0. The Morgan fingerprint density at radius 2 is 1.94 bits per heavy atom. The van der Waals surface area contributed by atoms with Gasteiger partial charge in [0.05, 0.1) is 0 Å². The van der Waals surface area contributed by atoms with Crippen molar-refractivity contribution in [3.8, 4) is 5.75 Å². The van der Waals surface area contributed by atoms with Crippen LogP contribution in [0.5, 0.6) is 5.75 Å². The highest BCUT2D eigenvalue weighted by atomic mass is 16.3. The molecule has 1 N–H and O–H groups in total. The van der Waals surface area contributed by atoms with Crippen molar-refractivity contribution < 1.29 is 5.11 Å². The molecule has 1 unspecified atom stereocenters. The van der Waals surface area contributed by atoms with Crippen LogP contribution in [-0.4, -0.2) is 23.1 Å². The van der Waals surface area contributed by atoms with Crippen LogP contribution in [0.1, 0.15) is 32.8 Å². The van der Waals surface area contributed by atoms with Crippen molar-refractivity contribution in [3.05, 3.63) is 29.8 Å². The normalized spacial score (nSPS) is 13.0. The molecule has 0 aromatic heterocycles. The minimum Gasteiger partial charge on any atom is -0.508 e. The van der Waals surface area contributed by atoms with E-state index in [2.05, 4.69) is 25.7 Å². The first kappa shape index (κ1) is 13.0. The summed E-state index contributed by atoms with van der Waals surface area (Å²) in [5.41, 5.74) is 1.02. The van der Waals surface area contributed by atoms with Crippen LogP contribution in [0.2, 0.25) is 0 Å². The van der Waals surface area contributed by atoms with Crippen molar-refractivity contribution in [2.24, 2.45) is 5.92 Å². The number of aromatic hydroxyl groups is 1. The average Bonchev–Trinajstić information content (AvgIpc) is 2.30. The first-order valence-corrected chi connectivity index (χ1v) is 6.16. The third-order valence-corrected chi connectivity index (χ3v) is 3.10. The molecular formula is C14H23NO. The van der Waals surface area contributed by atoms with Gasteiger partial charge in [0.15, 0.2) is 0 Å². The molecular weight excluding hydrogens is 198 g/mol. The van der Waals surface area contributed by atoms with Gasteiger partial charge in [-0.05, 0) is 18.5 Å². The van der Waals surface area contributed by atoms with Crippen LogP contribution in [-0.2, 0) is 6.54 Å². The number of para-hydroxylation sites is 1. The minimum atomic E-state index is 0.408. The monoisotopic (exact) mass is 221 g/mol. The van der Waals surface area contributed by atoms with Crippen molar-refractivity contribution in [2.75, 3.05) is 13.1 Å². The van der Waals surface area contributed by atoms with Gasteiger partial charge in [0, 0.05) is 18.7 Å². The van der Waals surface area contributed by atoms with Crippen LogP contribution in [0.15, 0.2) is 24.3 Å². The molecule has 0 aliphatic rings. The number of rotatable bonds is 6. The highest BCUT2D eigenvalue weighted by Gasteiger charge is 2.09. The van der Waals surface area contributed by atoms with Gasteiger partial charge in [0.1, 0.15) is 5.75 Å². The number of phenols is 1. The molecule has 1 aromatic rings. The van der Waals surface area contributed by atoms with E-state index in [4.69, 9.17) is 0 Å². The lowest BCUT2D eigenvalue weighted by Crippen LogP contribution is -2.27. The lowest BCUT2D eigenvalue weighted by molar-refractivity contribution is 0.235. The Hall–Kier alpha value is -1.02. The van der Waals surface area contributed by atoms with Crippen molar-refractivity contribution in [3.63, 3.8) is 0 Å². The number of benzene rings is 1. The summed E-state index contributed by atoms with van der Waals surface area (Å²) in [6.07, 6.45) is 1.21. The Bertz CT molecular complexity index is 311. The SMILES string of the molecule is CCC(C)CN(CC)Cc1ccccc1O. The Balaban J connectivity index is 2.60. The van der Waals surface area contributed by atoms with Crippen LogP contribution < -0.4 is 0 Å². The Kier molecular flexibility index (Phi) is 5.33. The molecule has 0 bridgehead atoms. The molecule has 1 aromatic carbocycles. The van der Waals surface area contributed by atoms with Crippen molar-refractivity contribution in [2.45, 2.75) is 33.7 Å². The van der Waals surface area contributed by atoms with E-state index in [1.54, 1.807) is 6.07 Å². The molecule has 1 atom stereocenters. The summed E-state index contributed by atoms with van der Waals surface area (Å²) in [6, 6.07) is 7.59. The number of hydrogen-bond donors (Lipinski definition) is 1. The third kappa shape index (κ3) is 3.86. The molecule has 0 saturated heterocycles. The molecule has 2 nitrogen and oxygen atoms in total. The van der Waals surface area contributed by atoms with Crippen LogP contribution >= 0.6 is 0 Å². The maximum absolute atomic E-state index is 9.72. The summed E-state index contributed by atoms with van der Waals surface area (Å²) >= 11 is 0. The molecule has 0 aliphatic carbocycles. The van der Waals surface area contributed by atoms with E-state index in [9.17, 15) is 5.11 Å². The predicted molar refractivity (Wildman–Crippen MR) is 68.5 cm³/mol. The molecule has 90 valence electrons. The van der Waals surface area contributed by atoms with E-state index in [0.717, 1.165) is 25.2 Å². The van der Waals surface area contributed by atoms with Crippen LogP contribution in [0, 0.1) is 5.92 Å². The second-order valence-corrected chi connectivity index (χ2v) is 4.47. The zero-order valence-electron chi connectivity index (χ0n) is 10.6. The zero-order valence-corrected chi connectivity index (χ0v) is 10.6. The van der Waals surface area contributed by atoms with Crippen molar-refractivity contribution in [1.29, 1.82) is 0 Å². The maximum Gasteiger partial charge on any atom is 0.120 e. The molecule has 0 fully saturated rings. The molecule has 0 heterocycles. The maximum atomic E-state index is 9.72. The van der Waals surface area contributed by atoms with E-state index in [0.29, 0.717) is 11.7 Å². The number of nitrogens with zero attached hydrogens (tertiary/aromatic N) is 1. The molecule has 0 amide bonds. The van der Waals surface area contributed by atoms with E-state index >= 15 is 0 Å². The highest BCUT2D eigenvalue weighted by Crippen LogP contribution is 2.18. The Morgan fingerprint density at radius 1 is 1.25 bits per heavy atom. The lowest BCUT2D eigenvalue weighted by Gasteiger charge is -2.24. The average molecular weight is 221 g/mol. The lowest BCUT2D eigenvalue weighted by atomic mass is 10.1. The zero-order chi connectivity index (χ0) is 12.0. The number of hydrogen-bond acceptors (Lipinski definition) is 2. The van der Waals surface area contributed by atoms with Crippen LogP contribution in [0.3, 0.4) is 0 Å². The van der Waals surface area contributed by atoms with E-state index in [1.807, 2.05) is 18.2 Å². The largest absolute Gasteiger partial charge is 0.508 e. The van der Waals surface area contributed by atoms with Gasteiger partial charge in [0.2, 0.25) is 0 Å². The quantitative estimate of drug-likeness (QED) is 0.797. The summed E-state index contributed by atoms with van der Waals surface area (Å²) in [6.45, 7) is 9.63. The second kappa shape index (κ2) is 6.54. The summed E-state index contributed by atoms with van der Waals surface area (Å²) < 4.78 is 0. The fourth-order valence-corrected chi connectivity index (χ4v) is 1.76. The van der Waals surface area contributed by atoms with E-state index < -0.39 is 0 Å². The smallest absolute Gasteiger partial charge is 0.120 e. The van der Waals surface area contributed by atoms with Gasteiger partial charge >= 0.3 is 0 Å². The first-order chi connectivity index (χ1) is 7.67. The molecule has 16 heavy (non-hydrogen) atoms. The van der Waals surface area contributed by atoms with Crippen molar-refractivity contribution in [1.82, 2.24) is 4.90 Å². The molecule has 0 aliphatic heterocycles. The predicted octanol–water partition coefficient (Wildman–Crippen LogP) is 3.26. The van der Waals surface area contributed by atoms with E-state index in [1.165, 1.54) is 6.42 Å². The standard InChI is InChI=1S/C14H23NO/c1-4-12(3)10-15(5-2)11-13-8-6-7-9-14(13)16/h6-9,12,16H,4-5,10-11H2,1-3H3. The van der Waals surface area contributed by atoms with Crippen LogP contribution in [0.25, 0.3) is 0 Å². The molecule has 2 heteroatoms. The summed E-state index contributed by atoms with van der Waals surface area (Å²) in [4.78, 5) is 2.38. The molecule has 0 radical (unpaired) electrons. The van der Waals surface area contributed by atoms with Gasteiger partial charge in [-0.3, -0.25) is 4.90 Å². The second-order valence-electron chi connectivity index (χ2n) is 4.47. The summed E-state index contributed by atoms with van der Waals surface area (Å²) in [5, 5.41) is 9.72. The van der Waals surface area contributed by atoms with Gasteiger partial charge in [-0.1, -0.05) is 45.4 Å². The molecule has 0 saturated carbocycles. The van der Waals surface area contributed by atoms with Gasteiger partial charge in [-0.2, -0.15) is 0 Å². The van der Waals surface area contributed by atoms with Gasteiger partial charge in [0.25, 0.3) is 0 Å². The third-order valence-electron chi connectivity index (χ3n) is 3.10. The summed E-state index contributed by atoms with van der Waals surface area (Å²) in [5.74, 6) is 1.12. The molecule has 0 spiro atoms. The van der Waals surface area contributed by atoms with Crippen LogP contribution in [0.4, 0.5) is 0 Å². The van der Waals surface area contributed by atoms with Crippen molar-refractivity contribution >= 4 is 0 Å². The van der Waals surface area contributed by atoms with Gasteiger partial charge in [-0.15, -0.1) is 0 Å². The topological polar surface area (TPSA) is 23.5 Å². The Labute approximate surface area is 98.9 Å².